The van der Waals surface area contributed by atoms with E-state index in [1.54, 1.807) is 0 Å². The summed E-state index contributed by atoms with van der Waals surface area (Å²) in [4.78, 5) is 38.2. The highest BCUT2D eigenvalue weighted by Gasteiger charge is 2.19. The molecule has 0 spiro atoms. The van der Waals surface area contributed by atoms with Crippen molar-refractivity contribution in [1.29, 1.82) is 0 Å². The Hall–Kier alpha value is -5.23. The minimum atomic E-state index is -0.838. The molecule has 0 aromatic heterocycles. The van der Waals surface area contributed by atoms with Crippen LogP contribution in [-0.2, 0) is 28.6 Å². The topological polar surface area (TPSA) is 78.9 Å². The molecule has 0 saturated carbocycles. The summed E-state index contributed by atoms with van der Waals surface area (Å²) in [6.45, 7) is 6.29. The molecule has 0 amide bonds. The Balaban J connectivity index is 4.60. The van der Waals surface area contributed by atoms with E-state index >= 15 is 0 Å². The van der Waals surface area contributed by atoms with Crippen molar-refractivity contribution in [2.24, 2.45) is 0 Å². The fourth-order valence-corrected chi connectivity index (χ4v) is 7.49. The van der Waals surface area contributed by atoms with Crippen LogP contribution in [0, 0.1) is 0 Å². The van der Waals surface area contributed by atoms with Crippen LogP contribution in [0.5, 0.6) is 0 Å². The molecule has 1 unspecified atom stereocenters. The van der Waals surface area contributed by atoms with Crippen molar-refractivity contribution in [1.82, 2.24) is 0 Å². The number of hydrogen-bond acceptors (Lipinski definition) is 6. The quantitative estimate of drug-likeness (QED) is 0.0261. The van der Waals surface area contributed by atoms with Crippen molar-refractivity contribution in [2.75, 3.05) is 13.2 Å². The van der Waals surface area contributed by atoms with E-state index < -0.39 is 6.10 Å². The molecule has 424 valence electrons. The Kier molecular flexibility index (Phi) is 58.0. The molecule has 0 radical (unpaired) electrons. The zero-order chi connectivity index (χ0) is 55.0. The second-order valence-electron chi connectivity index (χ2n) is 19.1. The maximum atomic E-state index is 12.9. The number of carbonyl (C=O) groups is 3. The number of unbranched alkanes of at least 4 members (excludes halogenated alkanes) is 13. The van der Waals surface area contributed by atoms with E-state index in [2.05, 4.69) is 191 Å². The van der Waals surface area contributed by atoms with Gasteiger partial charge in [-0.2, -0.15) is 0 Å². The van der Waals surface area contributed by atoms with E-state index in [1.165, 1.54) is 44.9 Å². The first-order valence-electron chi connectivity index (χ1n) is 30.1. The Labute approximate surface area is 466 Å². The maximum Gasteiger partial charge on any atom is 0.306 e. The van der Waals surface area contributed by atoms with Gasteiger partial charge in [-0.3, -0.25) is 14.4 Å². The van der Waals surface area contributed by atoms with Crippen LogP contribution in [0.2, 0.25) is 0 Å². The highest BCUT2D eigenvalue weighted by molar-refractivity contribution is 5.71. The summed E-state index contributed by atoms with van der Waals surface area (Å²) in [5, 5.41) is 0. The standard InChI is InChI=1S/C70H108O6/c1-4-7-10-13-16-19-22-25-28-30-32-34-35-37-38-40-42-45-48-51-54-57-60-63-69(72)75-66-67(65-74-68(71)62-59-56-53-50-47-44-27-24-21-18-15-12-9-6-3)76-70(73)64-61-58-55-52-49-46-43-41-39-36-33-31-29-26-23-20-17-14-11-8-5-2/h7-8,10-11,16-17,19-20,24-29,32-34,36-38,41-43,45,49,51-52,54,67H,4-6,9,12-15,18,21-23,30-31,35,39-40,44,46-48,50,53,55-66H2,1-3H3/b10-7-,11-8-,19-16-,20-17-,27-24-,28-25-,29-26-,34-32-,36-33-,38-37-,43-41-,45-42-,52-49-,54-51-. The minimum Gasteiger partial charge on any atom is -0.462 e. The molecule has 6 heteroatoms. The van der Waals surface area contributed by atoms with E-state index in [0.29, 0.717) is 19.3 Å². The Bertz CT molecular complexity index is 1770. The highest BCUT2D eigenvalue weighted by Crippen LogP contribution is 2.12. The summed E-state index contributed by atoms with van der Waals surface area (Å²) >= 11 is 0. The number of esters is 3. The molecule has 0 aliphatic heterocycles. The van der Waals surface area contributed by atoms with Crippen molar-refractivity contribution in [2.45, 2.75) is 239 Å². The highest BCUT2D eigenvalue weighted by atomic mass is 16.6. The molecule has 0 N–H and O–H groups in total. The first-order valence-corrected chi connectivity index (χ1v) is 30.1. The van der Waals surface area contributed by atoms with Gasteiger partial charge in [0.1, 0.15) is 13.2 Å². The van der Waals surface area contributed by atoms with Crippen molar-refractivity contribution >= 4 is 17.9 Å². The fourth-order valence-electron chi connectivity index (χ4n) is 7.49. The predicted octanol–water partition coefficient (Wildman–Crippen LogP) is 20.7. The summed E-state index contributed by atoms with van der Waals surface area (Å²) in [5.74, 6) is -1.05. The summed E-state index contributed by atoms with van der Waals surface area (Å²) < 4.78 is 16.8. The lowest BCUT2D eigenvalue weighted by Gasteiger charge is -2.18. The van der Waals surface area contributed by atoms with E-state index in [1.807, 2.05) is 0 Å². The van der Waals surface area contributed by atoms with Gasteiger partial charge in [-0.1, -0.05) is 236 Å². The van der Waals surface area contributed by atoms with Gasteiger partial charge in [0.25, 0.3) is 0 Å². The van der Waals surface area contributed by atoms with Gasteiger partial charge >= 0.3 is 17.9 Å². The monoisotopic (exact) mass is 1040 g/mol. The second-order valence-corrected chi connectivity index (χ2v) is 19.1. The third-order valence-corrected chi connectivity index (χ3v) is 11.9. The first kappa shape index (κ1) is 70.8. The molecule has 0 fully saturated rings. The zero-order valence-corrected chi connectivity index (χ0v) is 48.4. The van der Waals surface area contributed by atoms with Gasteiger partial charge in [0.05, 0.1) is 0 Å². The lowest BCUT2D eigenvalue weighted by molar-refractivity contribution is -0.167. The predicted molar refractivity (Wildman–Crippen MR) is 329 cm³/mol. The van der Waals surface area contributed by atoms with Crippen LogP contribution in [0.4, 0.5) is 0 Å². The fraction of sp³-hybridized carbons (Fsp3) is 0.557. The zero-order valence-electron chi connectivity index (χ0n) is 48.4. The summed E-state index contributed by atoms with van der Waals surface area (Å²) in [7, 11) is 0. The normalized spacial score (nSPS) is 13.4. The van der Waals surface area contributed by atoms with Gasteiger partial charge in [-0.25, -0.2) is 0 Å². The van der Waals surface area contributed by atoms with E-state index in [9.17, 15) is 14.4 Å². The smallest absolute Gasteiger partial charge is 0.306 e. The van der Waals surface area contributed by atoms with Crippen LogP contribution in [0.1, 0.15) is 233 Å². The second kappa shape index (κ2) is 62.3. The van der Waals surface area contributed by atoms with E-state index in [-0.39, 0.29) is 44.0 Å². The number of allylic oxidation sites excluding steroid dienone is 28. The molecule has 1 atom stereocenters. The third kappa shape index (κ3) is 59.6. The molecule has 0 heterocycles. The maximum absolute atomic E-state index is 12.9. The van der Waals surface area contributed by atoms with Crippen LogP contribution in [0.3, 0.4) is 0 Å². The van der Waals surface area contributed by atoms with E-state index in [4.69, 9.17) is 14.2 Å². The molecule has 0 saturated heterocycles. The number of ether oxygens (including phenoxy) is 3. The summed E-state index contributed by atoms with van der Waals surface area (Å²) in [5.41, 5.74) is 0. The average Bonchev–Trinajstić information content (AvgIpc) is 3.42. The first-order chi connectivity index (χ1) is 37.5. The number of carbonyl (C=O) groups excluding carboxylic acids is 3. The van der Waals surface area contributed by atoms with Crippen molar-refractivity contribution in [3.8, 4) is 0 Å². The van der Waals surface area contributed by atoms with Crippen LogP contribution in [-0.4, -0.2) is 37.2 Å². The average molecular weight is 1050 g/mol. The molecule has 0 rings (SSSR count). The van der Waals surface area contributed by atoms with E-state index in [0.717, 1.165) is 135 Å². The van der Waals surface area contributed by atoms with Crippen molar-refractivity contribution < 1.29 is 28.6 Å². The summed E-state index contributed by atoms with van der Waals surface area (Å²) in [6, 6.07) is 0. The van der Waals surface area contributed by atoms with Gasteiger partial charge in [0.15, 0.2) is 6.10 Å². The Morgan fingerprint density at radius 3 is 0.895 bits per heavy atom. The third-order valence-electron chi connectivity index (χ3n) is 11.9. The molecular formula is C70H108O6. The van der Waals surface area contributed by atoms with Gasteiger partial charge in [-0.05, 0) is 148 Å². The van der Waals surface area contributed by atoms with Gasteiger partial charge in [0.2, 0.25) is 0 Å². The van der Waals surface area contributed by atoms with Crippen LogP contribution >= 0.6 is 0 Å². The SMILES string of the molecule is CC/C=C\C/C=C\C/C=C\C/C=C\C/C=C\C/C=C\C/C=C\CCCC(=O)OCC(COC(=O)CCCCCCC/C=C\CCCCCCC)OC(=O)CCCC/C=C\C/C=C\C/C=C\C/C=C\C/C=C\C/C=C\CC. The molecule has 0 aromatic carbocycles. The minimum absolute atomic E-state index is 0.126. The molecule has 0 bridgehead atoms. The molecule has 76 heavy (non-hydrogen) atoms. The molecule has 6 nitrogen and oxygen atoms in total. The molecule has 0 aliphatic carbocycles. The van der Waals surface area contributed by atoms with Crippen LogP contribution in [0.15, 0.2) is 170 Å². The number of rotatable bonds is 52. The number of hydrogen-bond donors (Lipinski definition) is 0. The Morgan fingerprint density at radius 1 is 0.276 bits per heavy atom. The Morgan fingerprint density at radius 2 is 0.526 bits per heavy atom. The van der Waals surface area contributed by atoms with Crippen molar-refractivity contribution in [3.05, 3.63) is 170 Å². The van der Waals surface area contributed by atoms with Gasteiger partial charge in [-0.15, -0.1) is 0 Å². The molecular weight excluding hydrogens is 937 g/mol. The largest absolute Gasteiger partial charge is 0.462 e. The molecule has 0 aromatic rings. The van der Waals surface area contributed by atoms with Gasteiger partial charge in [0, 0.05) is 19.3 Å². The lowest BCUT2D eigenvalue weighted by atomic mass is 10.1. The molecule has 0 aliphatic rings. The van der Waals surface area contributed by atoms with Crippen LogP contribution in [0.25, 0.3) is 0 Å². The lowest BCUT2D eigenvalue weighted by Crippen LogP contribution is -2.30. The van der Waals surface area contributed by atoms with Crippen LogP contribution < -0.4 is 0 Å². The van der Waals surface area contributed by atoms with Gasteiger partial charge < -0.3 is 14.2 Å². The summed E-state index contributed by atoms with van der Waals surface area (Å²) in [6.07, 6.45) is 92.1. The van der Waals surface area contributed by atoms with Crippen molar-refractivity contribution in [3.63, 3.8) is 0 Å².